The normalized spacial score (nSPS) is 15.3. The number of hydrogen-bond donors (Lipinski definition) is 2. The summed E-state index contributed by atoms with van der Waals surface area (Å²) in [4.78, 5) is 22.8. The van der Waals surface area contributed by atoms with E-state index in [4.69, 9.17) is 26.4 Å². The van der Waals surface area contributed by atoms with Crippen LogP contribution in [0.4, 0.5) is 0 Å². The van der Waals surface area contributed by atoms with Gasteiger partial charge in [-0.1, -0.05) is 0 Å². The van der Waals surface area contributed by atoms with E-state index in [1.54, 1.807) is 18.2 Å². The van der Waals surface area contributed by atoms with E-state index < -0.39 is 5.97 Å². The maximum Gasteiger partial charge on any atom is 0.308 e. The lowest BCUT2D eigenvalue weighted by molar-refractivity contribution is -0.132. The van der Waals surface area contributed by atoms with Gasteiger partial charge in [0.05, 0.1) is 14.2 Å². The van der Waals surface area contributed by atoms with Crippen molar-refractivity contribution in [3.63, 3.8) is 0 Å². The average Bonchev–Trinajstić information content (AvgIpc) is 2.77. The lowest BCUT2D eigenvalue weighted by Gasteiger charge is -2.13. The van der Waals surface area contributed by atoms with Gasteiger partial charge >= 0.3 is 5.97 Å². The molecule has 1 fully saturated rings. The Morgan fingerprint density at radius 2 is 1.77 bits per heavy atom. The largest absolute Gasteiger partial charge is 0.493 e. The maximum atomic E-state index is 11.6. The number of nitrogens with one attached hydrogen (secondary N) is 2. The molecule has 2 rings (SSSR count). The smallest absolute Gasteiger partial charge is 0.308 e. The van der Waals surface area contributed by atoms with Gasteiger partial charge in [0.2, 0.25) is 5.75 Å². The van der Waals surface area contributed by atoms with Crippen LogP contribution in [-0.4, -0.2) is 31.2 Å². The van der Waals surface area contributed by atoms with Crippen LogP contribution in [0.2, 0.25) is 0 Å². The number of thiocarbonyl (C=S) groups is 1. The minimum atomic E-state index is -0.495. The molecule has 8 heteroatoms. The van der Waals surface area contributed by atoms with Crippen molar-refractivity contribution in [1.29, 1.82) is 0 Å². The number of carbonyl (C=O) groups is 2. The van der Waals surface area contributed by atoms with Crippen molar-refractivity contribution in [3.8, 4) is 17.2 Å². The number of ether oxygens (including phenoxy) is 3. The van der Waals surface area contributed by atoms with Crippen LogP contribution in [0.3, 0.4) is 0 Å². The lowest BCUT2D eigenvalue weighted by atomic mass is 10.1. The van der Waals surface area contributed by atoms with Gasteiger partial charge in [-0.3, -0.25) is 14.9 Å². The molecule has 0 bridgehead atoms. The summed E-state index contributed by atoms with van der Waals surface area (Å²) in [5.41, 5.74) is 0.918. The number of rotatable bonds is 4. The molecule has 1 aromatic rings. The van der Waals surface area contributed by atoms with E-state index >= 15 is 0 Å². The van der Waals surface area contributed by atoms with E-state index in [1.807, 2.05) is 0 Å². The third kappa shape index (κ3) is 3.34. The van der Waals surface area contributed by atoms with Gasteiger partial charge in [0.15, 0.2) is 16.6 Å². The third-order valence-corrected chi connectivity index (χ3v) is 2.96. The van der Waals surface area contributed by atoms with Gasteiger partial charge < -0.3 is 19.5 Å². The molecule has 0 radical (unpaired) electrons. The second-order valence-corrected chi connectivity index (χ2v) is 4.72. The lowest BCUT2D eigenvalue weighted by Crippen LogP contribution is -2.21. The number of methoxy groups -OCH3 is 2. The predicted octanol–water partition coefficient (Wildman–Crippen LogP) is 0.974. The number of esters is 1. The fourth-order valence-corrected chi connectivity index (χ4v) is 2.08. The highest BCUT2D eigenvalue weighted by molar-refractivity contribution is 7.80. The van der Waals surface area contributed by atoms with Crippen molar-refractivity contribution < 1.29 is 23.8 Å². The third-order valence-electron chi connectivity index (χ3n) is 2.76. The Balaban J connectivity index is 2.46. The summed E-state index contributed by atoms with van der Waals surface area (Å²) in [6.45, 7) is 1.28. The first-order valence-electron chi connectivity index (χ1n) is 6.23. The molecule has 1 amide bonds. The van der Waals surface area contributed by atoms with E-state index in [0.29, 0.717) is 22.8 Å². The fourth-order valence-electron chi connectivity index (χ4n) is 1.88. The molecule has 0 aliphatic carbocycles. The van der Waals surface area contributed by atoms with Gasteiger partial charge in [-0.15, -0.1) is 0 Å². The van der Waals surface area contributed by atoms with Gasteiger partial charge in [0.25, 0.3) is 5.91 Å². The maximum absolute atomic E-state index is 11.6. The van der Waals surface area contributed by atoms with Crippen molar-refractivity contribution in [2.75, 3.05) is 14.2 Å². The van der Waals surface area contributed by atoms with Crippen molar-refractivity contribution in [2.24, 2.45) is 0 Å². The molecule has 7 nitrogen and oxygen atoms in total. The molecule has 0 atom stereocenters. The van der Waals surface area contributed by atoms with Crippen LogP contribution >= 0.6 is 12.2 Å². The molecule has 1 saturated heterocycles. The summed E-state index contributed by atoms with van der Waals surface area (Å²) >= 11 is 4.86. The van der Waals surface area contributed by atoms with Gasteiger partial charge in [0, 0.05) is 6.92 Å². The minimum absolute atomic E-state index is 0.180. The molecule has 1 aliphatic rings. The highest BCUT2D eigenvalue weighted by atomic mass is 32.1. The molecule has 0 saturated carbocycles. The number of amides is 1. The van der Waals surface area contributed by atoms with Gasteiger partial charge in [-0.2, -0.15) is 0 Å². The zero-order valence-electron chi connectivity index (χ0n) is 12.2. The second-order valence-electron chi connectivity index (χ2n) is 4.31. The molecule has 0 spiro atoms. The highest BCUT2D eigenvalue weighted by Gasteiger charge is 2.21. The Labute approximate surface area is 132 Å². The predicted molar refractivity (Wildman–Crippen MR) is 82.7 cm³/mol. The van der Waals surface area contributed by atoms with E-state index in [9.17, 15) is 9.59 Å². The molecular weight excluding hydrogens is 308 g/mol. The standard InChI is InChI=1S/C14H14N2O5S/c1-7(17)21-12-10(19-2)5-8(6-11(12)20-3)4-9-13(18)16-14(22)15-9/h4-6H,1-3H3,(H2,15,16,18,22)/b9-4+. The van der Waals surface area contributed by atoms with Gasteiger partial charge in [-0.05, 0) is 36.0 Å². The zero-order valence-corrected chi connectivity index (χ0v) is 13.0. The molecule has 1 aromatic carbocycles. The Kier molecular flexibility index (Phi) is 4.62. The zero-order chi connectivity index (χ0) is 16.3. The summed E-state index contributed by atoms with van der Waals surface area (Å²) in [5.74, 6) is -0.0272. The van der Waals surface area contributed by atoms with E-state index in [-0.39, 0.29) is 16.8 Å². The molecular formula is C14H14N2O5S. The first kappa shape index (κ1) is 15.8. The van der Waals surface area contributed by atoms with Crippen LogP contribution in [0.1, 0.15) is 12.5 Å². The Bertz CT molecular complexity index is 659. The Morgan fingerprint density at radius 1 is 1.18 bits per heavy atom. The van der Waals surface area contributed by atoms with Crippen molar-refractivity contribution in [3.05, 3.63) is 23.4 Å². The first-order chi connectivity index (χ1) is 10.4. The van der Waals surface area contributed by atoms with Crippen molar-refractivity contribution >= 4 is 35.3 Å². The molecule has 1 aliphatic heterocycles. The summed E-state index contributed by atoms with van der Waals surface area (Å²) in [6, 6.07) is 3.23. The fraction of sp³-hybridized carbons (Fsp3) is 0.214. The Morgan fingerprint density at radius 3 is 2.18 bits per heavy atom. The highest BCUT2D eigenvalue weighted by Crippen LogP contribution is 2.39. The molecule has 1 heterocycles. The topological polar surface area (TPSA) is 85.9 Å². The van der Waals surface area contributed by atoms with E-state index in [2.05, 4.69) is 10.6 Å². The van der Waals surface area contributed by atoms with Crippen LogP contribution in [-0.2, 0) is 9.59 Å². The van der Waals surface area contributed by atoms with Gasteiger partial charge in [0.1, 0.15) is 5.70 Å². The van der Waals surface area contributed by atoms with Crippen LogP contribution in [0, 0.1) is 0 Å². The summed E-state index contributed by atoms with van der Waals surface area (Å²) in [7, 11) is 2.88. The van der Waals surface area contributed by atoms with Crippen LogP contribution < -0.4 is 24.8 Å². The van der Waals surface area contributed by atoms with E-state index in [0.717, 1.165) is 0 Å². The average molecular weight is 322 g/mol. The monoisotopic (exact) mass is 322 g/mol. The molecule has 22 heavy (non-hydrogen) atoms. The Hall–Kier alpha value is -2.61. The van der Waals surface area contributed by atoms with Crippen LogP contribution in [0.5, 0.6) is 17.2 Å². The SMILES string of the molecule is COc1cc(/C=C2/NC(=S)NC2=O)cc(OC)c1OC(C)=O. The van der Waals surface area contributed by atoms with Crippen LogP contribution in [0.15, 0.2) is 17.8 Å². The number of benzene rings is 1. The quantitative estimate of drug-likeness (QED) is 0.370. The first-order valence-corrected chi connectivity index (χ1v) is 6.64. The summed E-state index contributed by atoms with van der Waals surface area (Å²) < 4.78 is 15.5. The second kappa shape index (κ2) is 6.44. The van der Waals surface area contributed by atoms with Gasteiger partial charge in [-0.25, -0.2) is 0 Å². The number of carbonyl (C=O) groups excluding carboxylic acids is 2. The van der Waals surface area contributed by atoms with Crippen molar-refractivity contribution in [2.45, 2.75) is 6.92 Å². The van der Waals surface area contributed by atoms with Crippen LogP contribution in [0.25, 0.3) is 6.08 Å². The molecule has 116 valence electrons. The summed E-state index contributed by atoms with van der Waals surface area (Å²) in [6.07, 6.45) is 1.58. The minimum Gasteiger partial charge on any atom is -0.493 e. The molecule has 0 unspecified atom stereocenters. The molecule has 0 aromatic heterocycles. The summed E-state index contributed by atoms with van der Waals surface area (Å²) in [5, 5.41) is 5.44. The van der Waals surface area contributed by atoms with E-state index in [1.165, 1.54) is 21.1 Å². The van der Waals surface area contributed by atoms with Crippen molar-refractivity contribution in [1.82, 2.24) is 10.6 Å². The molecule has 2 N–H and O–H groups in total. The number of hydrogen-bond acceptors (Lipinski definition) is 6.